The van der Waals surface area contributed by atoms with Crippen molar-refractivity contribution >= 4 is 17.7 Å². The second kappa shape index (κ2) is 6.18. The summed E-state index contributed by atoms with van der Waals surface area (Å²) < 4.78 is 29.6. The van der Waals surface area contributed by atoms with Crippen LogP contribution in [0.4, 0.5) is 0 Å². The fraction of sp³-hybridized carbons (Fsp3) is 0.731. The Kier molecular flexibility index (Phi) is 3.88. The molecular formula is C26H30O9. The van der Waals surface area contributed by atoms with Gasteiger partial charge in [0.05, 0.1) is 36.6 Å². The summed E-state index contributed by atoms with van der Waals surface area (Å²) in [6, 6.07) is 1.77. The maximum Gasteiger partial charge on any atom is 0.339 e. The summed E-state index contributed by atoms with van der Waals surface area (Å²) in [5, 5.41) is 11.8. The molecule has 1 N–H and O–H groups in total. The summed E-state index contributed by atoms with van der Waals surface area (Å²) in [7, 11) is 0. The van der Waals surface area contributed by atoms with Crippen molar-refractivity contribution in [3.05, 3.63) is 24.2 Å². The van der Waals surface area contributed by atoms with E-state index in [4.69, 9.17) is 23.4 Å². The van der Waals surface area contributed by atoms with Gasteiger partial charge in [0.15, 0.2) is 11.9 Å². The Balaban J connectivity index is 1.43. The number of epoxide rings is 1. The van der Waals surface area contributed by atoms with Gasteiger partial charge in [0, 0.05) is 21.8 Å². The number of Topliss-reactive ketones (excluding diaryl/α,β-unsaturated/α-hetero) is 1. The topological polar surface area (TPSA) is 125 Å². The predicted octanol–water partition coefficient (Wildman–Crippen LogP) is 2.11. The van der Waals surface area contributed by atoms with Crippen molar-refractivity contribution < 1.29 is 42.9 Å². The second-order valence-electron chi connectivity index (χ2n) is 12.3. The number of ether oxygens (including phenoxy) is 4. The van der Waals surface area contributed by atoms with Crippen LogP contribution in [0.15, 0.2) is 23.0 Å². The maximum atomic E-state index is 14.1. The van der Waals surface area contributed by atoms with Gasteiger partial charge in [-0.2, -0.15) is 0 Å². The van der Waals surface area contributed by atoms with Crippen molar-refractivity contribution in [1.29, 1.82) is 0 Å². The third-order valence-electron chi connectivity index (χ3n) is 10.7. The highest BCUT2D eigenvalue weighted by Gasteiger charge is 2.90. The summed E-state index contributed by atoms with van der Waals surface area (Å²) in [4.78, 5) is 39.6. The van der Waals surface area contributed by atoms with Gasteiger partial charge in [-0.3, -0.25) is 9.59 Å². The SMILES string of the molecule is CC1(C)O[C@H]2CC(=O)OC[C@]23[C@H]2CC[C@@]4(C)[C@H](c5ccoc5)OC(=O)[C@H]5O[C@@]54[C@]2(C)[C@@H](O)C(=O)[C@@H]13. The Morgan fingerprint density at radius 1 is 1.06 bits per heavy atom. The first kappa shape index (κ1) is 22.0. The molecule has 4 aliphatic heterocycles. The van der Waals surface area contributed by atoms with Crippen molar-refractivity contribution in [2.45, 2.75) is 82.6 Å². The largest absolute Gasteiger partial charge is 0.472 e. The molecule has 10 atom stereocenters. The van der Waals surface area contributed by atoms with Crippen LogP contribution in [0.1, 0.15) is 58.6 Å². The molecule has 9 nitrogen and oxygen atoms in total. The fourth-order valence-corrected chi connectivity index (χ4v) is 9.52. The molecule has 0 amide bonds. The molecule has 5 heterocycles. The normalized spacial score (nSPS) is 53.3. The molecule has 9 heteroatoms. The fourth-order valence-electron chi connectivity index (χ4n) is 9.52. The highest BCUT2D eigenvalue weighted by Crippen LogP contribution is 2.80. The number of hydrogen-bond donors (Lipinski definition) is 1. The Morgan fingerprint density at radius 2 is 1.83 bits per heavy atom. The van der Waals surface area contributed by atoms with Crippen LogP contribution >= 0.6 is 0 Å². The zero-order valence-electron chi connectivity index (χ0n) is 20.2. The van der Waals surface area contributed by atoms with E-state index in [1.54, 1.807) is 12.3 Å². The van der Waals surface area contributed by atoms with Crippen LogP contribution in [0.3, 0.4) is 0 Å². The van der Waals surface area contributed by atoms with E-state index in [0.717, 1.165) is 5.56 Å². The van der Waals surface area contributed by atoms with E-state index in [-0.39, 0.29) is 30.7 Å². The molecule has 6 aliphatic rings. The minimum absolute atomic E-state index is 0.0520. The number of aliphatic hydroxyl groups is 1. The molecule has 2 spiro atoms. The van der Waals surface area contributed by atoms with Crippen molar-refractivity contribution in [1.82, 2.24) is 0 Å². The molecule has 2 saturated carbocycles. The zero-order chi connectivity index (χ0) is 24.8. The van der Waals surface area contributed by atoms with Crippen molar-refractivity contribution in [3.63, 3.8) is 0 Å². The number of ketones is 1. The lowest BCUT2D eigenvalue weighted by Crippen LogP contribution is -2.76. The lowest BCUT2D eigenvalue weighted by atomic mass is 9.36. The molecule has 188 valence electrons. The zero-order valence-corrected chi connectivity index (χ0v) is 20.2. The number of carbonyl (C=O) groups excluding carboxylic acids is 3. The van der Waals surface area contributed by atoms with Gasteiger partial charge in [0.25, 0.3) is 0 Å². The second-order valence-corrected chi connectivity index (χ2v) is 12.3. The van der Waals surface area contributed by atoms with E-state index >= 15 is 0 Å². The van der Waals surface area contributed by atoms with Crippen LogP contribution in [0.2, 0.25) is 0 Å². The van der Waals surface area contributed by atoms with Gasteiger partial charge in [-0.05, 0) is 38.7 Å². The number of esters is 2. The Bertz CT molecular complexity index is 1160. The molecule has 1 aromatic heterocycles. The molecule has 7 rings (SSSR count). The van der Waals surface area contributed by atoms with Crippen molar-refractivity contribution in [2.24, 2.45) is 28.1 Å². The molecule has 1 aromatic rings. The number of carbonyl (C=O) groups is 3. The molecule has 0 unspecified atom stereocenters. The maximum absolute atomic E-state index is 14.1. The van der Waals surface area contributed by atoms with Crippen LogP contribution < -0.4 is 0 Å². The highest BCUT2D eigenvalue weighted by atomic mass is 16.7. The van der Waals surface area contributed by atoms with Gasteiger partial charge in [-0.25, -0.2) is 4.79 Å². The number of rotatable bonds is 1. The van der Waals surface area contributed by atoms with Gasteiger partial charge in [-0.1, -0.05) is 13.8 Å². The molecule has 4 saturated heterocycles. The monoisotopic (exact) mass is 486 g/mol. The summed E-state index contributed by atoms with van der Waals surface area (Å²) in [6.45, 7) is 7.66. The number of cyclic esters (lactones) is 2. The number of hydrogen-bond acceptors (Lipinski definition) is 9. The molecular weight excluding hydrogens is 456 g/mol. The summed E-state index contributed by atoms with van der Waals surface area (Å²) in [5.74, 6) is -2.09. The number of aliphatic hydroxyl groups excluding tert-OH is 1. The quantitative estimate of drug-likeness (QED) is 0.469. The summed E-state index contributed by atoms with van der Waals surface area (Å²) in [5.41, 5.74) is -3.90. The van der Waals surface area contributed by atoms with Crippen LogP contribution in [0.5, 0.6) is 0 Å². The average Bonchev–Trinajstić information content (AvgIpc) is 3.26. The van der Waals surface area contributed by atoms with E-state index in [2.05, 4.69) is 0 Å². The van der Waals surface area contributed by atoms with Gasteiger partial charge in [0.2, 0.25) is 0 Å². The van der Waals surface area contributed by atoms with Gasteiger partial charge in [-0.15, -0.1) is 0 Å². The molecule has 0 aromatic carbocycles. The predicted molar refractivity (Wildman–Crippen MR) is 116 cm³/mol. The van der Waals surface area contributed by atoms with Gasteiger partial charge >= 0.3 is 11.9 Å². The molecule has 35 heavy (non-hydrogen) atoms. The van der Waals surface area contributed by atoms with E-state index in [9.17, 15) is 19.5 Å². The summed E-state index contributed by atoms with van der Waals surface area (Å²) >= 11 is 0. The lowest BCUT2D eigenvalue weighted by Gasteiger charge is -2.66. The van der Waals surface area contributed by atoms with E-state index in [1.807, 2.05) is 27.7 Å². The average molecular weight is 487 g/mol. The van der Waals surface area contributed by atoms with Crippen LogP contribution in [0.25, 0.3) is 0 Å². The first-order valence-electron chi connectivity index (χ1n) is 12.4. The minimum Gasteiger partial charge on any atom is -0.472 e. The minimum atomic E-state index is -1.37. The molecule has 0 radical (unpaired) electrons. The smallest absolute Gasteiger partial charge is 0.339 e. The molecule has 0 bridgehead atoms. The van der Waals surface area contributed by atoms with E-state index < -0.39 is 63.8 Å². The lowest BCUT2D eigenvalue weighted by molar-refractivity contribution is -0.252. The van der Waals surface area contributed by atoms with Crippen LogP contribution in [0, 0.1) is 28.1 Å². The van der Waals surface area contributed by atoms with Gasteiger partial charge < -0.3 is 28.5 Å². The van der Waals surface area contributed by atoms with E-state index in [0.29, 0.717) is 12.8 Å². The standard InChI is InChI=1S/C26H30O9/c1-22(2)17-16(28)18(29)24(4)13(25(17)11-32-15(27)9-14(25)34-22)5-7-23(3)19(12-6-8-31-10-12)33-21(30)20-26(23,24)35-20/h6,8,10,13-14,17-20,29H,5,7,9,11H2,1-4H3/t13-,14-,17-,18-,19-,20+,23-,24-,25-,26-/m0/s1. The first-order chi connectivity index (χ1) is 16.4. The van der Waals surface area contributed by atoms with Crippen molar-refractivity contribution in [3.8, 4) is 0 Å². The first-order valence-corrected chi connectivity index (χ1v) is 12.4. The number of fused-ring (bicyclic) bond motifs is 1. The van der Waals surface area contributed by atoms with Crippen LogP contribution in [-0.2, 0) is 33.3 Å². The Labute approximate surface area is 202 Å². The molecule has 2 aliphatic carbocycles. The third-order valence-corrected chi connectivity index (χ3v) is 10.7. The van der Waals surface area contributed by atoms with E-state index in [1.165, 1.54) is 6.26 Å². The molecule has 6 fully saturated rings. The Hall–Kier alpha value is -2.23. The number of furan rings is 1. The Morgan fingerprint density at radius 3 is 2.54 bits per heavy atom. The summed E-state index contributed by atoms with van der Waals surface area (Å²) in [6.07, 6.45) is 1.02. The van der Waals surface area contributed by atoms with Crippen LogP contribution in [-0.4, -0.2) is 58.9 Å². The highest BCUT2D eigenvalue weighted by molar-refractivity contribution is 5.92. The third kappa shape index (κ3) is 2.14. The van der Waals surface area contributed by atoms with Crippen molar-refractivity contribution in [2.75, 3.05) is 6.61 Å². The van der Waals surface area contributed by atoms with Gasteiger partial charge in [0.1, 0.15) is 24.4 Å².